The zero-order valence-electron chi connectivity index (χ0n) is 18.2. The highest BCUT2D eigenvalue weighted by molar-refractivity contribution is 7.69. The quantitative estimate of drug-likeness (QED) is 0.444. The summed E-state index contributed by atoms with van der Waals surface area (Å²) in [6.07, 6.45) is 1.09. The minimum Gasteiger partial charge on any atom is -0.306 e. The van der Waals surface area contributed by atoms with E-state index in [-0.39, 0.29) is 18.1 Å². The summed E-state index contributed by atoms with van der Waals surface area (Å²) in [4.78, 5) is 15.3. The number of allylic oxidation sites excluding steroid dienone is 1. The van der Waals surface area contributed by atoms with Gasteiger partial charge in [0.2, 0.25) is 5.91 Å². The number of hydrogen-bond acceptors (Lipinski definition) is 2. The van der Waals surface area contributed by atoms with Crippen molar-refractivity contribution in [3.8, 4) is 0 Å². The molecule has 0 aliphatic carbocycles. The van der Waals surface area contributed by atoms with Crippen molar-refractivity contribution in [3.63, 3.8) is 0 Å². The second-order valence-corrected chi connectivity index (χ2v) is 11.1. The molecule has 168 valence electrons. The second kappa shape index (κ2) is 8.53. The van der Waals surface area contributed by atoms with E-state index in [1.807, 2.05) is 70.0 Å². The Morgan fingerprint density at radius 2 is 1.30 bits per heavy atom. The van der Waals surface area contributed by atoms with Crippen LogP contribution in [0.4, 0.5) is 21.5 Å². The van der Waals surface area contributed by atoms with Crippen molar-refractivity contribution in [3.05, 3.63) is 103 Å². The zero-order valence-corrected chi connectivity index (χ0v) is 19.1. The Bertz CT molecular complexity index is 1170. The van der Waals surface area contributed by atoms with Crippen molar-refractivity contribution >= 4 is 30.4 Å². The van der Waals surface area contributed by atoms with E-state index in [9.17, 15) is 9.18 Å². The Morgan fingerprint density at radius 1 is 0.788 bits per heavy atom. The lowest BCUT2D eigenvalue weighted by Gasteiger charge is -2.47. The topological polar surface area (TPSA) is 43.9 Å². The van der Waals surface area contributed by atoms with Crippen LogP contribution in [0.2, 0.25) is 0 Å². The van der Waals surface area contributed by atoms with Gasteiger partial charge >= 0.3 is 0 Å². The summed E-state index contributed by atoms with van der Waals surface area (Å²) >= 11 is 0. The van der Waals surface area contributed by atoms with Gasteiger partial charge in [-0.1, -0.05) is 43.0 Å². The van der Waals surface area contributed by atoms with Crippen LogP contribution in [0.15, 0.2) is 97.2 Å². The molecule has 1 unspecified atom stereocenters. The first-order chi connectivity index (χ1) is 16.0. The predicted molar refractivity (Wildman–Crippen MR) is 131 cm³/mol. The molecule has 33 heavy (non-hydrogen) atoms. The highest BCUT2D eigenvalue weighted by Crippen LogP contribution is 2.65. The summed E-state index contributed by atoms with van der Waals surface area (Å²) in [5.74, 6) is -0.642. The number of rotatable bonds is 4. The average Bonchev–Trinajstić information content (AvgIpc) is 3.15. The fourth-order valence-electron chi connectivity index (χ4n) is 4.78. The zero-order chi connectivity index (χ0) is 23.0. The van der Waals surface area contributed by atoms with E-state index in [4.69, 9.17) is 0 Å². The number of nitrogens with zero attached hydrogens (tertiary/aromatic N) is 3. The van der Waals surface area contributed by atoms with Crippen LogP contribution in [-0.4, -0.2) is 24.7 Å². The maximum atomic E-state index is 15.2. The smallest absolute Gasteiger partial charge is 0.275 e. The molecule has 5 nitrogen and oxygen atoms in total. The van der Waals surface area contributed by atoms with E-state index in [0.29, 0.717) is 24.5 Å². The molecule has 1 amide bonds. The van der Waals surface area contributed by atoms with Crippen LogP contribution >= 0.6 is 7.44 Å². The maximum absolute atomic E-state index is 15.2. The summed E-state index contributed by atoms with van der Waals surface area (Å²) in [6.45, 7) is 5.30. The molecule has 0 spiro atoms. The molecule has 3 aromatic rings. The van der Waals surface area contributed by atoms with Crippen molar-refractivity contribution < 1.29 is 13.8 Å². The molecule has 3 aromatic carbocycles. The molecule has 0 saturated carbocycles. The number of para-hydroxylation sites is 2. The lowest BCUT2D eigenvalue weighted by molar-refractivity contribution is -0.116. The van der Waals surface area contributed by atoms with E-state index in [1.54, 1.807) is 12.1 Å². The van der Waals surface area contributed by atoms with E-state index in [1.165, 1.54) is 17.0 Å². The van der Waals surface area contributed by atoms with Gasteiger partial charge in [0.25, 0.3) is 7.44 Å². The number of anilines is 3. The van der Waals surface area contributed by atoms with E-state index in [2.05, 4.69) is 6.58 Å². The fourth-order valence-corrected chi connectivity index (χ4v) is 8.35. The first-order valence-corrected chi connectivity index (χ1v) is 12.7. The molecule has 5 rings (SSSR count). The van der Waals surface area contributed by atoms with Gasteiger partial charge in [0.05, 0.1) is 0 Å². The highest BCUT2D eigenvalue weighted by Gasteiger charge is 2.54. The lowest BCUT2D eigenvalue weighted by Crippen LogP contribution is -2.45. The third-order valence-corrected chi connectivity index (χ3v) is 9.74. The van der Waals surface area contributed by atoms with E-state index >= 15 is 4.57 Å². The van der Waals surface area contributed by atoms with Crippen LogP contribution in [0.5, 0.6) is 0 Å². The summed E-state index contributed by atoms with van der Waals surface area (Å²) < 4.78 is 32.5. The third kappa shape index (κ3) is 3.65. The molecule has 0 radical (unpaired) electrons. The van der Waals surface area contributed by atoms with Gasteiger partial charge in [-0.05, 0) is 55.0 Å². The maximum Gasteiger partial charge on any atom is 0.275 e. The van der Waals surface area contributed by atoms with Crippen LogP contribution in [0.3, 0.4) is 0 Å². The molecule has 0 bridgehead atoms. The van der Waals surface area contributed by atoms with Gasteiger partial charge in [-0.3, -0.25) is 14.3 Å². The standard InChI is InChI=1S/C26H25FN3O2P/c1-20-19-25(26(31)30(20)24-15-13-21(27)14-16-24)33(32)28(22-9-4-2-5-10-22)17-8-18-29(33)23-11-6-3-7-12-23/h2-7,9-16,25H,1,8,17-19H2. The number of carbonyl (C=O) groups excluding carboxylic acids is 1. The van der Waals surface area contributed by atoms with Gasteiger partial charge < -0.3 is 9.34 Å². The Labute approximate surface area is 193 Å². The Balaban J connectivity index is 1.61. The van der Waals surface area contributed by atoms with Crippen molar-refractivity contribution in [1.82, 2.24) is 0 Å². The largest absolute Gasteiger partial charge is 0.306 e. The number of halogens is 1. The van der Waals surface area contributed by atoms with Crippen molar-refractivity contribution in [2.75, 3.05) is 27.3 Å². The van der Waals surface area contributed by atoms with Gasteiger partial charge in [-0.2, -0.15) is 0 Å². The van der Waals surface area contributed by atoms with Crippen molar-refractivity contribution in [2.45, 2.75) is 18.5 Å². The van der Waals surface area contributed by atoms with Gasteiger partial charge in [-0.15, -0.1) is 0 Å². The highest BCUT2D eigenvalue weighted by atomic mass is 31.2. The molecular weight excluding hydrogens is 436 g/mol. The molecule has 1 atom stereocenters. The summed E-state index contributed by atoms with van der Waals surface area (Å²) in [7, 11) is -3.45. The van der Waals surface area contributed by atoms with Gasteiger partial charge in [0.1, 0.15) is 11.5 Å². The normalized spacial score (nSPS) is 20.4. The SMILES string of the molecule is C=C1CC(P2(=O)N(c3ccccc3)CCCN2c2ccccc2)C(=O)N1c1ccc(F)cc1. The van der Waals surface area contributed by atoms with Crippen LogP contribution in [0.1, 0.15) is 12.8 Å². The fraction of sp³-hybridized carbons (Fsp3) is 0.192. The lowest BCUT2D eigenvalue weighted by atomic mass is 10.3. The number of carbonyl (C=O) groups is 1. The monoisotopic (exact) mass is 461 g/mol. The molecule has 0 N–H and O–H groups in total. The summed E-state index contributed by atoms with van der Waals surface area (Å²) in [5.41, 5.74) is 1.99. The molecule has 2 saturated heterocycles. The molecule has 2 aliphatic heterocycles. The van der Waals surface area contributed by atoms with Crippen molar-refractivity contribution in [2.24, 2.45) is 0 Å². The Morgan fingerprint density at radius 3 is 1.82 bits per heavy atom. The molecular formula is C26H25FN3O2P. The van der Waals surface area contributed by atoms with Gasteiger partial charge in [0, 0.05) is 42.3 Å². The van der Waals surface area contributed by atoms with Gasteiger partial charge in [-0.25, -0.2) is 4.39 Å². The molecule has 2 heterocycles. The number of hydrogen-bond donors (Lipinski definition) is 0. The molecule has 7 heteroatoms. The van der Waals surface area contributed by atoms with E-state index in [0.717, 1.165) is 17.8 Å². The van der Waals surface area contributed by atoms with Crippen molar-refractivity contribution in [1.29, 1.82) is 0 Å². The first-order valence-electron chi connectivity index (χ1n) is 11.0. The van der Waals surface area contributed by atoms with Crippen LogP contribution in [0, 0.1) is 5.82 Å². The van der Waals surface area contributed by atoms with Crippen LogP contribution < -0.4 is 14.2 Å². The molecule has 0 aromatic heterocycles. The summed E-state index contributed by atoms with van der Waals surface area (Å²) in [5, 5.41) is 0. The molecule has 2 fully saturated rings. The first kappa shape index (κ1) is 21.5. The predicted octanol–water partition coefficient (Wildman–Crippen LogP) is 6.05. The summed E-state index contributed by atoms with van der Waals surface area (Å²) in [6, 6.07) is 25.0. The minimum absolute atomic E-state index is 0.265. The van der Waals surface area contributed by atoms with Gasteiger partial charge in [0.15, 0.2) is 0 Å². The Kier molecular flexibility index (Phi) is 5.55. The van der Waals surface area contributed by atoms with Crippen LogP contribution in [-0.2, 0) is 9.36 Å². The number of benzene rings is 3. The van der Waals surface area contributed by atoms with E-state index < -0.39 is 13.1 Å². The average molecular weight is 461 g/mol. The number of amides is 1. The molecule has 2 aliphatic rings. The van der Waals surface area contributed by atoms with Crippen LogP contribution in [0.25, 0.3) is 0 Å². The Hall–Kier alpha value is -3.37. The second-order valence-electron chi connectivity index (χ2n) is 8.30. The minimum atomic E-state index is -3.45. The third-order valence-electron chi connectivity index (χ3n) is 6.28.